The molecule has 0 aliphatic rings. The Hall–Kier alpha value is -1.87. The van der Waals surface area contributed by atoms with E-state index in [1.165, 1.54) is 24.5 Å². The summed E-state index contributed by atoms with van der Waals surface area (Å²) in [6.45, 7) is 0. The molecule has 1 heterocycles. The third-order valence-corrected chi connectivity index (χ3v) is 3.98. The fourth-order valence-corrected chi connectivity index (χ4v) is 3.11. The summed E-state index contributed by atoms with van der Waals surface area (Å²) in [6.07, 6.45) is 1.62. The number of thiol groups is 2. The number of hydrogen-bond acceptors (Lipinski definition) is 5. The van der Waals surface area contributed by atoms with E-state index in [-0.39, 0.29) is 5.56 Å². The topological polar surface area (TPSA) is 122 Å². The maximum absolute atomic E-state index is 12.1. The number of carbonyl (C=O) groups is 4. The highest BCUT2D eigenvalue weighted by Crippen LogP contribution is 2.39. The Bertz CT molecular complexity index is 590. The molecule has 0 radical (unpaired) electrons. The van der Waals surface area contributed by atoms with Crippen molar-refractivity contribution < 1.29 is 29.4 Å². The number of carbonyl (C=O) groups excluding carboxylic acids is 2. The summed E-state index contributed by atoms with van der Waals surface area (Å²) in [5, 5.41) is 16.1. The third-order valence-electron chi connectivity index (χ3n) is 3.28. The lowest BCUT2D eigenvalue weighted by Crippen LogP contribution is -2.49. The van der Waals surface area contributed by atoms with E-state index in [4.69, 9.17) is 5.11 Å². The molecule has 0 amide bonds. The molecule has 7 nitrogen and oxygen atoms in total. The van der Waals surface area contributed by atoms with Crippen LogP contribution in [-0.2, 0) is 24.6 Å². The monoisotopic (exact) mass is 343 g/mol. The van der Waals surface area contributed by atoms with Gasteiger partial charge in [0.05, 0.1) is 5.92 Å². The zero-order valence-electron chi connectivity index (χ0n) is 11.2. The number of rotatable bonds is 8. The molecule has 1 aromatic heterocycles. The van der Waals surface area contributed by atoms with E-state index in [1.807, 2.05) is 0 Å². The number of carboxylic acids is 2. The van der Waals surface area contributed by atoms with Crippen molar-refractivity contribution in [1.29, 1.82) is 0 Å². The lowest BCUT2D eigenvalue weighted by atomic mass is 9.70. The third kappa shape index (κ3) is 3.47. The Balaban J connectivity index is 3.52. The predicted octanol–water partition coefficient (Wildman–Crippen LogP) is 0.798. The van der Waals surface area contributed by atoms with Crippen LogP contribution in [0.25, 0.3) is 0 Å². The number of nitrogens with zero attached hydrogens (tertiary/aromatic N) is 1. The molecule has 0 fully saturated rings. The van der Waals surface area contributed by atoms with Crippen LogP contribution in [0.5, 0.6) is 0 Å². The normalized spacial score (nSPS) is 12.5. The molecule has 0 saturated heterocycles. The van der Waals surface area contributed by atoms with E-state index >= 15 is 0 Å². The van der Waals surface area contributed by atoms with Crippen LogP contribution < -0.4 is 0 Å². The SMILES string of the molecule is O=C(O)CCC(C(=O)O)C(C(=O)S)(C(=O)S)c1ccncc1. The van der Waals surface area contributed by atoms with Gasteiger partial charge in [-0.2, -0.15) is 0 Å². The minimum absolute atomic E-state index is 0.0558. The second-order valence-corrected chi connectivity index (χ2v) is 5.29. The standard InChI is InChI=1S/C13H13NO6S2/c15-9(16)2-1-8(10(17)18)13(11(19)21,12(20)22)7-3-5-14-6-4-7/h3-6,8H,1-2H2,(H,15,16)(H,17,18)(H,19,21)(H,20,22). The van der Waals surface area contributed by atoms with Crippen molar-refractivity contribution in [1.82, 2.24) is 4.98 Å². The van der Waals surface area contributed by atoms with Crippen LogP contribution in [0.15, 0.2) is 24.5 Å². The summed E-state index contributed by atoms with van der Waals surface area (Å²) in [5.74, 6) is -4.34. The molecule has 0 saturated carbocycles. The number of pyridine rings is 1. The Morgan fingerprint density at radius 2 is 1.59 bits per heavy atom. The van der Waals surface area contributed by atoms with E-state index in [0.717, 1.165) is 0 Å². The average molecular weight is 343 g/mol. The van der Waals surface area contributed by atoms with Gasteiger partial charge in [-0.3, -0.25) is 24.2 Å². The van der Waals surface area contributed by atoms with E-state index in [1.54, 1.807) is 0 Å². The summed E-state index contributed by atoms with van der Waals surface area (Å²) in [6, 6.07) is 2.61. The molecule has 1 unspecified atom stereocenters. The number of aromatic nitrogens is 1. The molecule has 118 valence electrons. The number of aliphatic carboxylic acids is 2. The fraction of sp³-hybridized carbons (Fsp3) is 0.308. The second-order valence-electron chi connectivity index (χ2n) is 4.48. The van der Waals surface area contributed by atoms with Gasteiger partial charge in [0, 0.05) is 18.8 Å². The van der Waals surface area contributed by atoms with Gasteiger partial charge in [-0.25, -0.2) is 0 Å². The van der Waals surface area contributed by atoms with Gasteiger partial charge in [-0.1, -0.05) is 0 Å². The zero-order chi connectivity index (χ0) is 16.9. The minimum Gasteiger partial charge on any atom is -0.481 e. The molecule has 0 aliphatic heterocycles. The van der Waals surface area contributed by atoms with Gasteiger partial charge in [0.25, 0.3) is 0 Å². The largest absolute Gasteiger partial charge is 0.481 e. The predicted molar refractivity (Wildman–Crippen MR) is 81.9 cm³/mol. The van der Waals surface area contributed by atoms with Crippen molar-refractivity contribution in [3.8, 4) is 0 Å². The summed E-state index contributed by atoms with van der Waals surface area (Å²) in [5.41, 5.74) is -2.13. The molecule has 2 N–H and O–H groups in total. The maximum Gasteiger partial charge on any atom is 0.308 e. The highest BCUT2D eigenvalue weighted by molar-refractivity contribution is 7.99. The zero-order valence-corrected chi connectivity index (χ0v) is 13.0. The van der Waals surface area contributed by atoms with Crippen LogP contribution in [0.3, 0.4) is 0 Å². The number of carboxylic acid groups (broad SMARTS) is 2. The van der Waals surface area contributed by atoms with Crippen molar-refractivity contribution >= 4 is 47.4 Å². The lowest BCUT2D eigenvalue weighted by Gasteiger charge is -2.33. The highest BCUT2D eigenvalue weighted by atomic mass is 32.1. The van der Waals surface area contributed by atoms with Crippen molar-refractivity contribution in [2.45, 2.75) is 18.3 Å². The van der Waals surface area contributed by atoms with Crippen LogP contribution >= 0.6 is 25.3 Å². The van der Waals surface area contributed by atoms with Crippen LogP contribution in [0, 0.1) is 5.92 Å². The molecule has 0 bridgehead atoms. The van der Waals surface area contributed by atoms with Crippen molar-refractivity contribution in [3.05, 3.63) is 30.1 Å². The van der Waals surface area contributed by atoms with Crippen LogP contribution in [0.2, 0.25) is 0 Å². The van der Waals surface area contributed by atoms with E-state index < -0.39 is 46.3 Å². The Labute approximate surface area is 136 Å². The van der Waals surface area contributed by atoms with Crippen molar-refractivity contribution in [2.75, 3.05) is 0 Å². The van der Waals surface area contributed by atoms with Crippen molar-refractivity contribution in [2.24, 2.45) is 5.92 Å². The summed E-state index contributed by atoms with van der Waals surface area (Å²) >= 11 is 7.34. The van der Waals surface area contributed by atoms with Crippen molar-refractivity contribution in [3.63, 3.8) is 0 Å². The average Bonchev–Trinajstić information content (AvgIpc) is 2.42. The molecular weight excluding hydrogens is 330 g/mol. The Morgan fingerprint density at radius 3 is 1.95 bits per heavy atom. The highest BCUT2D eigenvalue weighted by Gasteiger charge is 2.53. The minimum atomic E-state index is -2.18. The van der Waals surface area contributed by atoms with Gasteiger partial charge < -0.3 is 10.2 Å². The first-order valence-electron chi connectivity index (χ1n) is 6.06. The second kappa shape index (κ2) is 7.41. The number of hydrogen-bond donors (Lipinski definition) is 4. The maximum atomic E-state index is 12.1. The molecule has 1 aromatic rings. The van der Waals surface area contributed by atoms with Gasteiger partial charge in [0.1, 0.15) is 5.41 Å². The Morgan fingerprint density at radius 1 is 1.09 bits per heavy atom. The van der Waals surface area contributed by atoms with E-state index in [9.17, 15) is 24.3 Å². The molecular formula is C13H13NO6S2. The molecule has 1 atom stereocenters. The first kappa shape index (κ1) is 18.2. The van der Waals surface area contributed by atoms with Crippen LogP contribution in [0.4, 0.5) is 0 Å². The molecule has 0 spiro atoms. The van der Waals surface area contributed by atoms with E-state index in [2.05, 4.69) is 30.2 Å². The molecule has 9 heteroatoms. The van der Waals surface area contributed by atoms with Gasteiger partial charge in [-0.05, 0) is 24.1 Å². The van der Waals surface area contributed by atoms with E-state index in [0.29, 0.717) is 0 Å². The first-order valence-corrected chi connectivity index (χ1v) is 6.95. The quantitative estimate of drug-likeness (QED) is 0.407. The first-order chi connectivity index (χ1) is 10.2. The molecule has 0 aromatic carbocycles. The molecule has 22 heavy (non-hydrogen) atoms. The molecule has 1 rings (SSSR count). The van der Waals surface area contributed by atoms with Gasteiger partial charge >= 0.3 is 11.9 Å². The summed E-state index contributed by atoms with van der Waals surface area (Å²) in [4.78, 5) is 50.1. The van der Waals surface area contributed by atoms with Crippen LogP contribution in [0.1, 0.15) is 18.4 Å². The summed E-state index contributed by atoms with van der Waals surface area (Å²) in [7, 11) is 0. The summed E-state index contributed by atoms with van der Waals surface area (Å²) < 4.78 is 0. The lowest BCUT2D eigenvalue weighted by molar-refractivity contribution is -0.150. The van der Waals surface area contributed by atoms with Gasteiger partial charge in [0.15, 0.2) is 0 Å². The van der Waals surface area contributed by atoms with Gasteiger partial charge in [0.2, 0.25) is 10.2 Å². The molecule has 0 aliphatic carbocycles. The smallest absolute Gasteiger partial charge is 0.308 e. The van der Waals surface area contributed by atoms with Gasteiger partial charge in [-0.15, -0.1) is 25.3 Å². The fourth-order valence-electron chi connectivity index (χ4n) is 2.25. The van der Waals surface area contributed by atoms with Crippen LogP contribution in [-0.4, -0.2) is 37.4 Å². The Kier molecular flexibility index (Phi) is 6.12.